The lowest BCUT2D eigenvalue weighted by molar-refractivity contribution is 0.112. The molecule has 0 radical (unpaired) electrons. The molecule has 0 saturated carbocycles. The average Bonchev–Trinajstić information content (AvgIpc) is 2.51. The third-order valence-corrected chi connectivity index (χ3v) is 2.87. The topological polar surface area (TPSA) is 43.1 Å². The van der Waals surface area contributed by atoms with Crippen LogP contribution in [0.1, 0.15) is 10.4 Å². The monoisotopic (exact) mass is 195 g/mol. The van der Waals surface area contributed by atoms with E-state index in [9.17, 15) is 9.18 Å². The summed E-state index contributed by atoms with van der Waals surface area (Å²) in [4.78, 5) is 10.6. The number of benzene rings is 1. The van der Waals surface area contributed by atoms with Gasteiger partial charge in [-0.05, 0) is 12.1 Å². The van der Waals surface area contributed by atoms with Gasteiger partial charge in [0.05, 0.1) is 4.70 Å². The first-order valence-corrected chi connectivity index (χ1v) is 4.52. The molecule has 2 rings (SSSR count). The maximum Gasteiger partial charge on any atom is 0.150 e. The van der Waals surface area contributed by atoms with Gasteiger partial charge in [-0.25, -0.2) is 4.39 Å². The minimum atomic E-state index is -0.380. The van der Waals surface area contributed by atoms with Crippen LogP contribution < -0.4 is 5.73 Å². The largest absolute Gasteiger partial charge is 0.398 e. The Bertz CT molecular complexity index is 478. The van der Waals surface area contributed by atoms with Gasteiger partial charge in [-0.15, -0.1) is 11.3 Å². The van der Waals surface area contributed by atoms with E-state index in [0.29, 0.717) is 27.6 Å². The molecular formula is C9H6FNOS. The summed E-state index contributed by atoms with van der Waals surface area (Å²) in [5.74, 6) is -0.380. The fraction of sp³-hybridized carbons (Fsp3) is 0. The van der Waals surface area contributed by atoms with E-state index in [1.165, 1.54) is 22.8 Å². The van der Waals surface area contributed by atoms with Crippen molar-refractivity contribution in [2.24, 2.45) is 0 Å². The van der Waals surface area contributed by atoms with Crippen LogP contribution in [-0.2, 0) is 0 Å². The molecule has 4 heteroatoms. The Morgan fingerprint density at radius 1 is 1.46 bits per heavy atom. The zero-order valence-electron chi connectivity index (χ0n) is 6.58. The van der Waals surface area contributed by atoms with E-state index in [1.54, 1.807) is 6.07 Å². The Morgan fingerprint density at radius 3 is 2.92 bits per heavy atom. The predicted molar refractivity (Wildman–Crippen MR) is 51.6 cm³/mol. The van der Waals surface area contributed by atoms with Gasteiger partial charge in [0.2, 0.25) is 0 Å². The molecule has 13 heavy (non-hydrogen) atoms. The summed E-state index contributed by atoms with van der Waals surface area (Å²) in [7, 11) is 0. The smallest absolute Gasteiger partial charge is 0.150 e. The lowest BCUT2D eigenvalue weighted by Gasteiger charge is -1.97. The van der Waals surface area contributed by atoms with Gasteiger partial charge in [0.15, 0.2) is 6.29 Å². The van der Waals surface area contributed by atoms with Gasteiger partial charge in [-0.3, -0.25) is 4.79 Å². The molecule has 0 bridgehead atoms. The normalized spacial score (nSPS) is 10.5. The Balaban J connectivity index is 2.96. The van der Waals surface area contributed by atoms with Gasteiger partial charge in [0, 0.05) is 22.0 Å². The number of fused-ring (bicyclic) bond motifs is 1. The molecule has 0 aliphatic carbocycles. The summed E-state index contributed by atoms with van der Waals surface area (Å²) in [6.45, 7) is 0. The first-order chi connectivity index (χ1) is 6.24. The fourth-order valence-corrected chi connectivity index (χ4v) is 2.13. The molecular weight excluding hydrogens is 189 g/mol. The number of anilines is 1. The molecule has 1 aromatic heterocycles. The number of nitrogens with two attached hydrogens (primary N) is 1. The molecule has 0 amide bonds. The summed E-state index contributed by atoms with van der Waals surface area (Å²) in [6, 6.07) is 3.14. The van der Waals surface area contributed by atoms with Crippen molar-refractivity contribution in [1.29, 1.82) is 0 Å². The number of nitrogen functional groups attached to an aromatic ring is 1. The van der Waals surface area contributed by atoms with Crippen molar-refractivity contribution in [3.63, 3.8) is 0 Å². The van der Waals surface area contributed by atoms with Gasteiger partial charge < -0.3 is 5.73 Å². The van der Waals surface area contributed by atoms with Crippen LogP contribution in [0.3, 0.4) is 0 Å². The molecule has 0 aliphatic heterocycles. The molecule has 0 unspecified atom stereocenters. The van der Waals surface area contributed by atoms with Crippen molar-refractivity contribution in [1.82, 2.24) is 0 Å². The summed E-state index contributed by atoms with van der Waals surface area (Å²) in [6.07, 6.45) is 0.636. The predicted octanol–water partition coefficient (Wildman–Crippen LogP) is 2.44. The van der Waals surface area contributed by atoms with Crippen LogP contribution in [0.5, 0.6) is 0 Å². The molecule has 2 nitrogen and oxygen atoms in total. The highest BCUT2D eigenvalue weighted by atomic mass is 32.1. The highest BCUT2D eigenvalue weighted by molar-refractivity contribution is 7.17. The van der Waals surface area contributed by atoms with Crippen molar-refractivity contribution < 1.29 is 9.18 Å². The SMILES string of the molecule is Nc1ccc(C=O)c2c(F)csc12. The molecule has 66 valence electrons. The van der Waals surface area contributed by atoms with Crippen molar-refractivity contribution in [2.75, 3.05) is 5.73 Å². The van der Waals surface area contributed by atoms with Gasteiger partial charge in [-0.2, -0.15) is 0 Å². The average molecular weight is 195 g/mol. The second kappa shape index (κ2) is 2.81. The third kappa shape index (κ3) is 1.10. The summed E-state index contributed by atoms with van der Waals surface area (Å²) in [5.41, 5.74) is 6.48. The van der Waals surface area contributed by atoms with Crippen molar-refractivity contribution in [2.45, 2.75) is 0 Å². The molecule has 0 aliphatic rings. The molecule has 2 aromatic rings. The van der Waals surface area contributed by atoms with Gasteiger partial charge >= 0.3 is 0 Å². The highest BCUT2D eigenvalue weighted by Crippen LogP contribution is 2.31. The van der Waals surface area contributed by atoms with Crippen molar-refractivity contribution in [3.8, 4) is 0 Å². The second-order valence-electron chi connectivity index (χ2n) is 2.65. The highest BCUT2D eigenvalue weighted by Gasteiger charge is 2.10. The Kier molecular flexibility index (Phi) is 1.77. The van der Waals surface area contributed by atoms with Crippen LogP contribution in [0.25, 0.3) is 10.1 Å². The van der Waals surface area contributed by atoms with Crippen LogP contribution in [0, 0.1) is 5.82 Å². The van der Waals surface area contributed by atoms with Gasteiger partial charge in [0.1, 0.15) is 5.82 Å². The van der Waals surface area contributed by atoms with Crippen LogP contribution in [-0.4, -0.2) is 6.29 Å². The zero-order chi connectivity index (χ0) is 9.42. The number of rotatable bonds is 1. The van der Waals surface area contributed by atoms with Crippen LogP contribution in [0.4, 0.5) is 10.1 Å². The maximum atomic E-state index is 13.2. The van der Waals surface area contributed by atoms with E-state index in [0.717, 1.165) is 0 Å². The number of hydrogen-bond donors (Lipinski definition) is 1. The summed E-state index contributed by atoms with van der Waals surface area (Å²) in [5, 5.41) is 1.69. The first-order valence-electron chi connectivity index (χ1n) is 3.64. The van der Waals surface area contributed by atoms with Crippen molar-refractivity contribution in [3.05, 3.63) is 28.9 Å². The zero-order valence-corrected chi connectivity index (χ0v) is 7.40. The van der Waals surface area contributed by atoms with Crippen molar-refractivity contribution >= 4 is 33.4 Å². The molecule has 1 heterocycles. The molecule has 2 N–H and O–H groups in total. The van der Waals surface area contributed by atoms with Crippen LogP contribution in [0.15, 0.2) is 17.5 Å². The maximum absolute atomic E-state index is 13.2. The van der Waals surface area contributed by atoms with E-state index in [1.807, 2.05) is 0 Å². The molecule has 1 aromatic carbocycles. The minimum Gasteiger partial charge on any atom is -0.398 e. The number of carbonyl (C=O) groups is 1. The molecule has 0 spiro atoms. The van der Waals surface area contributed by atoms with Crippen LogP contribution >= 0.6 is 11.3 Å². The first kappa shape index (κ1) is 8.19. The lowest BCUT2D eigenvalue weighted by Crippen LogP contribution is -1.88. The number of carbonyl (C=O) groups excluding carboxylic acids is 1. The van der Waals surface area contributed by atoms with Gasteiger partial charge in [-0.1, -0.05) is 0 Å². The number of halogens is 1. The van der Waals surface area contributed by atoms with E-state index in [-0.39, 0.29) is 5.82 Å². The molecule has 0 fully saturated rings. The number of aldehydes is 1. The molecule has 0 atom stereocenters. The summed E-state index contributed by atoms with van der Waals surface area (Å²) < 4.78 is 13.8. The summed E-state index contributed by atoms with van der Waals surface area (Å²) >= 11 is 1.21. The van der Waals surface area contributed by atoms with Crippen LogP contribution in [0.2, 0.25) is 0 Å². The number of thiophene rings is 1. The fourth-order valence-electron chi connectivity index (χ4n) is 1.26. The second-order valence-corrected chi connectivity index (χ2v) is 3.53. The van der Waals surface area contributed by atoms with E-state index >= 15 is 0 Å². The lowest BCUT2D eigenvalue weighted by atomic mass is 10.1. The minimum absolute atomic E-state index is 0.333. The third-order valence-electron chi connectivity index (χ3n) is 1.87. The number of hydrogen-bond acceptors (Lipinski definition) is 3. The Morgan fingerprint density at radius 2 is 2.23 bits per heavy atom. The van der Waals surface area contributed by atoms with E-state index in [2.05, 4.69) is 0 Å². The Labute approximate surface area is 77.8 Å². The standard InChI is InChI=1S/C9H6FNOS/c10-6-4-13-9-7(11)2-1-5(3-12)8(6)9/h1-4H,11H2. The molecule has 0 saturated heterocycles. The quantitative estimate of drug-likeness (QED) is 0.561. The van der Waals surface area contributed by atoms with E-state index in [4.69, 9.17) is 5.73 Å². The van der Waals surface area contributed by atoms with Gasteiger partial charge in [0.25, 0.3) is 0 Å². The Hall–Kier alpha value is -1.42. The van der Waals surface area contributed by atoms with E-state index < -0.39 is 0 Å².